The normalized spacial score (nSPS) is 10.2. The zero-order chi connectivity index (χ0) is 24.0. The van der Waals surface area contributed by atoms with Crippen molar-refractivity contribution in [3.8, 4) is 36.4 Å². The lowest BCUT2D eigenvalue weighted by molar-refractivity contribution is 0.659. The van der Waals surface area contributed by atoms with Crippen LogP contribution in [0.1, 0.15) is 11.1 Å². The number of nitriles is 6. The maximum absolute atomic E-state index is 9.76. The molecule has 0 aliphatic rings. The fourth-order valence-corrected chi connectivity index (χ4v) is 4.24. The van der Waals surface area contributed by atoms with E-state index >= 15 is 0 Å². The highest BCUT2D eigenvalue weighted by atomic mass is 16.3. The molecule has 8 heteroatoms. The van der Waals surface area contributed by atoms with Gasteiger partial charge < -0.3 is 8.83 Å². The molecule has 5 aromatic rings. The van der Waals surface area contributed by atoms with Crippen LogP contribution >= 0.6 is 0 Å². The molecule has 8 nitrogen and oxygen atoms in total. The lowest BCUT2D eigenvalue weighted by Gasteiger charge is -1.99. The Morgan fingerprint density at radius 2 is 0.912 bits per heavy atom. The van der Waals surface area contributed by atoms with E-state index in [1.165, 1.54) is 0 Å². The largest absolute Gasteiger partial charge is 0.454 e. The molecule has 0 aliphatic heterocycles. The van der Waals surface area contributed by atoms with Gasteiger partial charge in [0.1, 0.15) is 58.7 Å². The minimum atomic E-state index is -0.292. The molecule has 2 heterocycles. The van der Waals surface area contributed by atoms with Crippen molar-refractivity contribution in [2.45, 2.75) is 0 Å². The molecular formula is C26H6N6O2. The van der Waals surface area contributed by atoms with E-state index in [0.29, 0.717) is 10.8 Å². The summed E-state index contributed by atoms with van der Waals surface area (Å²) >= 11 is 0. The minimum Gasteiger partial charge on any atom is -0.454 e. The van der Waals surface area contributed by atoms with Gasteiger partial charge in [-0.3, -0.25) is 0 Å². The molecule has 152 valence electrons. The first kappa shape index (κ1) is 19.9. The second-order valence-electron chi connectivity index (χ2n) is 7.15. The molecule has 0 spiro atoms. The Kier molecular flexibility index (Phi) is 4.25. The van der Waals surface area contributed by atoms with Crippen molar-refractivity contribution in [2.75, 3.05) is 0 Å². The SMILES string of the molecule is N#CC(C#N)=c1c2oc3c(C#N)cccc3c2c(=C(C#N)C#N)c2oc3c(C#N)cccc3c12. The molecule has 0 bridgehead atoms. The third-order valence-corrected chi connectivity index (χ3v) is 5.57. The van der Waals surface area contributed by atoms with Crippen molar-refractivity contribution in [3.05, 3.63) is 58.0 Å². The number of hydrogen-bond acceptors (Lipinski definition) is 8. The first-order valence-corrected chi connectivity index (χ1v) is 9.65. The van der Waals surface area contributed by atoms with Crippen LogP contribution < -0.4 is 10.4 Å². The number of fused-ring (bicyclic) bond motifs is 6. The highest BCUT2D eigenvalue weighted by Crippen LogP contribution is 2.33. The number of hydrogen-bond donors (Lipinski definition) is 0. The smallest absolute Gasteiger partial charge is 0.153 e. The number of rotatable bonds is 0. The van der Waals surface area contributed by atoms with Gasteiger partial charge >= 0.3 is 0 Å². The van der Waals surface area contributed by atoms with E-state index in [1.807, 2.05) is 36.4 Å². The number of nitrogens with zero attached hydrogens (tertiary/aromatic N) is 6. The summed E-state index contributed by atoms with van der Waals surface area (Å²) in [5, 5.41) is 59.7. The van der Waals surface area contributed by atoms with Gasteiger partial charge in [-0.05, 0) is 12.1 Å². The lowest BCUT2D eigenvalue weighted by atomic mass is 9.98. The number of furan rings is 2. The second-order valence-corrected chi connectivity index (χ2v) is 7.15. The van der Waals surface area contributed by atoms with E-state index in [9.17, 15) is 31.6 Å². The average molecular weight is 434 g/mol. The van der Waals surface area contributed by atoms with Gasteiger partial charge in [0, 0.05) is 21.5 Å². The van der Waals surface area contributed by atoms with Crippen molar-refractivity contribution >= 4 is 55.0 Å². The molecular weight excluding hydrogens is 428 g/mol. The van der Waals surface area contributed by atoms with Crippen LogP contribution in [0.25, 0.3) is 55.0 Å². The van der Waals surface area contributed by atoms with Gasteiger partial charge in [0.25, 0.3) is 0 Å². The van der Waals surface area contributed by atoms with Crippen LogP contribution in [-0.4, -0.2) is 0 Å². The maximum atomic E-state index is 9.76. The minimum absolute atomic E-state index is 0.0614. The van der Waals surface area contributed by atoms with Gasteiger partial charge in [-0.2, -0.15) is 31.6 Å². The molecule has 0 unspecified atom stereocenters. The van der Waals surface area contributed by atoms with E-state index in [4.69, 9.17) is 8.83 Å². The van der Waals surface area contributed by atoms with Crippen molar-refractivity contribution in [2.24, 2.45) is 0 Å². The van der Waals surface area contributed by atoms with E-state index < -0.39 is 0 Å². The van der Waals surface area contributed by atoms with E-state index in [0.717, 1.165) is 0 Å². The molecule has 0 radical (unpaired) electrons. The molecule has 34 heavy (non-hydrogen) atoms. The standard InChI is InChI=1S/C26H6N6O2/c27-7-13-3-1-5-17-21-19(15(9-29)10-30)26-22(18-6-2-4-14(8-28)24(18)34-26)20(16(11-31)12-32)25(21)33-23(13)17/h1-6H. The summed E-state index contributed by atoms with van der Waals surface area (Å²) in [6, 6.07) is 21.2. The molecule has 2 aromatic heterocycles. The fraction of sp³-hybridized carbons (Fsp3) is 0. The van der Waals surface area contributed by atoms with Gasteiger partial charge in [-0.15, -0.1) is 0 Å². The van der Waals surface area contributed by atoms with Crippen molar-refractivity contribution in [1.29, 1.82) is 31.6 Å². The predicted octanol–water partition coefficient (Wildman–Crippen LogP) is 3.62. The third-order valence-electron chi connectivity index (χ3n) is 5.57. The van der Waals surface area contributed by atoms with Crippen molar-refractivity contribution < 1.29 is 8.83 Å². The Morgan fingerprint density at radius 1 is 0.529 bits per heavy atom. The Balaban J connectivity index is 2.38. The maximum Gasteiger partial charge on any atom is 0.153 e. The Labute approximate surface area is 190 Å². The second kappa shape index (κ2) is 7.27. The van der Waals surface area contributed by atoms with Crippen molar-refractivity contribution in [1.82, 2.24) is 0 Å². The van der Waals surface area contributed by atoms with Crippen LogP contribution in [0.3, 0.4) is 0 Å². The third kappa shape index (κ3) is 2.40. The number of para-hydroxylation sites is 2. The molecule has 3 aromatic carbocycles. The van der Waals surface area contributed by atoms with E-state index in [1.54, 1.807) is 36.4 Å². The summed E-state index contributed by atoms with van der Waals surface area (Å²) in [6.45, 7) is 0. The zero-order valence-corrected chi connectivity index (χ0v) is 17.0. The molecule has 0 fully saturated rings. The summed E-state index contributed by atoms with van der Waals surface area (Å²) in [6.07, 6.45) is 0. The molecule has 0 saturated heterocycles. The van der Waals surface area contributed by atoms with Gasteiger partial charge in [0.15, 0.2) is 11.2 Å². The first-order valence-electron chi connectivity index (χ1n) is 9.65. The quantitative estimate of drug-likeness (QED) is 0.356. The molecule has 0 atom stereocenters. The summed E-state index contributed by atoms with van der Waals surface area (Å²) in [5.74, 6) is 0. The van der Waals surface area contributed by atoms with Crippen LogP contribution in [0.15, 0.2) is 45.2 Å². The van der Waals surface area contributed by atoms with Gasteiger partial charge in [0.2, 0.25) is 0 Å². The Hall–Kier alpha value is -6.06. The van der Waals surface area contributed by atoms with Gasteiger partial charge in [-0.1, -0.05) is 24.3 Å². The van der Waals surface area contributed by atoms with E-state index in [-0.39, 0.29) is 65.8 Å². The van der Waals surface area contributed by atoms with Gasteiger partial charge in [-0.25, -0.2) is 0 Å². The van der Waals surface area contributed by atoms with Crippen molar-refractivity contribution in [3.63, 3.8) is 0 Å². The molecule has 0 saturated carbocycles. The molecule has 0 N–H and O–H groups in total. The summed E-state index contributed by atoms with van der Waals surface area (Å²) < 4.78 is 12.1. The number of benzene rings is 3. The highest BCUT2D eigenvalue weighted by Gasteiger charge is 2.24. The van der Waals surface area contributed by atoms with Crippen LogP contribution in [0.2, 0.25) is 0 Å². The molecule has 0 aliphatic carbocycles. The lowest BCUT2D eigenvalue weighted by Crippen LogP contribution is -2.16. The summed E-state index contributed by atoms with van der Waals surface area (Å²) in [4.78, 5) is 0. The summed E-state index contributed by atoms with van der Waals surface area (Å²) in [7, 11) is 0. The summed E-state index contributed by atoms with van der Waals surface area (Å²) in [5.41, 5.74) is 0.303. The molecule has 5 rings (SSSR count). The monoisotopic (exact) mass is 434 g/mol. The van der Waals surface area contributed by atoms with Crippen LogP contribution in [0.4, 0.5) is 0 Å². The van der Waals surface area contributed by atoms with E-state index in [2.05, 4.69) is 0 Å². The van der Waals surface area contributed by atoms with Crippen LogP contribution in [0, 0.1) is 68.0 Å². The highest BCUT2D eigenvalue weighted by molar-refractivity contribution is 6.19. The van der Waals surface area contributed by atoms with Crippen LogP contribution in [0.5, 0.6) is 0 Å². The Bertz CT molecular complexity index is 1950. The topological polar surface area (TPSA) is 169 Å². The average Bonchev–Trinajstić information content (AvgIpc) is 3.45. The first-order chi connectivity index (χ1) is 16.6. The predicted molar refractivity (Wildman–Crippen MR) is 119 cm³/mol. The van der Waals surface area contributed by atoms with Gasteiger partial charge in [0.05, 0.1) is 21.6 Å². The zero-order valence-electron chi connectivity index (χ0n) is 17.0. The van der Waals surface area contributed by atoms with Crippen LogP contribution in [-0.2, 0) is 0 Å². The molecule has 0 amide bonds. The fourth-order valence-electron chi connectivity index (χ4n) is 4.24. The Morgan fingerprint density at radius 3 is 1.24 bits per heavy atom.